The van der Waals surface area contributed by atoms with E-state index in [9.17, 15) is 22.8 Å². The Morgan fingerprint density at radius 1 is 1.11 bits per heavy atom. The van der Waals surface area contributed by atoms with Gasteiger partial charge in [0.2, 0.25) is 0 Å². The summed E-state index contributed by atoms with van der Waals surface area (Å²) in [5.41, 5.74) is -1.02. The van der Waals surface area contributed by atoms with E-state index in [1.807, 2.05) is 5.32 Å². The van der Waals surface area contributed by atoms with Gasteiger partial charge in [0.05, 0.1) is 16.3 Å². The van der Waals surface area contributed by atoms with Crippen molar-refractivity contribution in [3.8, 4) is 5.75 Å². The van der Waals surface area contributed by atoms with Crippen LogP contribution in [0.15, 0.2) is 36.4 Å². The number of esters is 1. The van der Waals surface area contributed by atoms with Crippen molar-refractivity contribution in [3.63, 3.8) is 0 Å². The number of rotatable bonds is 6. The molecule has 2 aromatic rings. The summed E-state index contributed by atoms with van der Waals surface area (Å²) < 4.78 is 48.9. The monoisotopic (exact) mass is 435 g/mol. The lowest BCUT2D eigenvalue weighted by Crippen LogP contribution is -2.25. The molecule has 0 aliphatic heterocycles. The fraction of sp³-hybridized carbons (Fsp3) is 0.222. The SMILES string of the molecule is Cc1cc(Cl)ccc1OCC(=O)OCC(=O)Nc1c(Cl)cccc1C(F)(F)F. The van der Waals surface area contributed by atoms with Gasteiger partial charge in [-0.3, -0.25) is 4.79 Å². The minimum atomic E-state index is -4.71. The number of aryl methyl sites for hydroxylation is 1. The van der Waals surface area contributed by atoms with Crippen molar-refractivity contribution in [2.75, 3.05) is 18.5 Å². The van der Waals surface area contributed by atoms with Crippen LogP contribution in [0, 0.1) is 6.92 Å². The third kappa shape index (κ3) is 6.03. The van der Waals surface area contributed by atoms with Gasteiger partial charge in [-0.05, 0) is 42.8 Å². The molecule has 28 heavy (non-hydrogen) atoms. The fourth-order valence-corrected chi connectivity index (χ4v) is 2.61. The first-order chi connectivity index (χ1) is 13.1. The molecule has 0 spiro atoms. The molecule has 0 aliphatic carbocycles. The van der Waals surface area contributed by atoms with Gasteiger partial charge in [0, 0.05) is 5.02 Å². The molecule has 0 saturated heterocycles. The number of benzene rings is 2. The number of ether oxygens (including phenoxy) is 2. The summed E-state index contributed by atoms with van der Waals surface area (Å²) in [5.74, 6) is -1.45. The van der Waals surface area contributed by atoms with E-state index >= 15 is 0 Å². The van der Waals surface area contributed by atoms with E-state index < -0.39 is 42.5 Å². The second-order valence-electron chi connectivity index (χ2n) is 5.57. The van der Waals surface area contributed by atoms with Crippen molar-refractivity contribution < 1.29 is 32.2 Å². The maximum atomic E-state index is 13.0. The van der Waals surface area contributed by atoms with Crippen LogP contribution in [-0.4, -0.2) is 25.1 Å². The highest BCUT2D eigenvalue weighted by Crippen LogP contribution is 2.38. The molecule has 1 N–H and O–H groups in total. The first-order valence-electron chi connectivity index (χ1n) is 7.78. The lowest BCUT2D eigenvalue weighted by Gasteiger charge is -2.15. The highest BCUT2D eigenvalue weighted by molar-refractivity contribution is 6.34. The van der Waals surface area contributed by atoms with E-state index in [4.69, 9.17) is 32.7 Å². The van der Waals surface area contributed by atoms with E-state index in [2.05, 4.69) is 0 Å². The van der Waals surface area contributed by atoms with Gasteiger partial charge in [0.25, 0.3) is 5.91 Å². The lowest BCUT2D eigenvalue weighted by atomic mass is 10.1. The molecule has 2 aromatic carbocycles. The van der Waals surface area contributed by atoms with Crippen molar-refractivity contribution in [2.24, 2.45) is 0 Å². The van der Waals surface area contributed by atoms with Crippen molar-refractivity contribution >= 4 is 40.8 Å². The van der Waals surface area contributed by atoms with Crippen molar-refractivity contribution in [1.82, 2.24) is 0 Å². The van der Waals surface area contributed by atoms with Crippen molar-refractivity contribution in [3.05, 3.63) is 57.6 Å². The van der Waals surface area contributed by atoms with Gasteiger partial charge < -0.3 is 14.8 Å². The third-order valence-electron chi connectivity index (χ3n) is 3.43. The molecule has 150 valence electrons. The van der Waals surface area contributed by atoms with Crippen LogP contribution in [-0.2, 0) is 20.5 Å². The molecule has 0 aliphatic rings. The Balaban J connectivity index is 1.90. The van der Waals surface area contributed by atoms with Crippen LogP contribution in [0.3, 0.4) is 0 Å². The Kier molecular flexibility index (Phi) is 7.15. The van der Waals surface area contributed by atoms with Crippen molar-refractivity contribution in [1.29, 1.82) is 0 Å². The van der Waals surface area contributed by atoms with Crippen LogP contribution in [0.1, 0.15) is 11.1 Å². The summed E-state index contributed by atoms with van der Waals surface area (Å²) in [4.78, 5) is 23.5. The van der Waals surface area contributed by atoms with Crippen LogP contribution in [0.2, 0.25) is 10.0 Å². The number of nitrogens with one attached hydrogen (secondary N) is 1. The zero-order valence-electron chi connectivity index (χ0n) is 14.4. The average Bonchev–Trinajstić information content (AvgIpc) is 2.60. The summed E-state index contributed by atoms with van der Waals surface area (Å²) in [6.07, 6.45) is -4.71. The molecule has 10 heteroatoms. The molecule has 1 amide bonds. The molecule has 0 fully saturated rings. The van der Waals surface area contributed by atoms with Crippen LogP contribution in [0.4, 0.5) is 18.9 Å². The first kappa shape index (κ1) is 21.8. The molecule has 0 heterocycles. The normalized spacial score (nSPS) is 11.1. The van der Waals surface area contributed by atoms with Crippen molar-refractivity contribution in [2.45, 2.75) is 13.1 Å². The Labute approximate surface area is 168 Å². The second-order valence-corrected chi connectivity index (χ2v) is 6.41. The standard InChI is InChI=1S/C18H14Cl2F3NO4/c1-10-7-11(19)5-6-14(10)27-9-16(26)28-8-15(25)24-17-12(18(21,22)23)3-2-4-13(17)20/h2-7H,8-9H2,1H3,(H,24,25). The smallest absolute Gasteiger partial charge is 0.418 e. The Hall–Kier alpha value is -2.45. The number of alkyl halides is 3. The quantitative estimate of drug-likeness (QED) is 0.656. The number of para-hydroxylation sites is 1. The first-order valence-corrected chi connectivity index (χ1v) is 8.53. The second kappa shape index (κ2) is 9.16. The third-order valence-corrected chi connectivity index (χ3v) is 3.98. The number of anilines is 1. The number of halogens is 5. The average molecular weight is 436 g/mol. The molecule has 5 nitrogen and oxygen atoms in total. The Morgan fingerprint density at radius 2 is 1.82 bits per heavy atom. The summed E-state index contributed by atoms with van der Waals surface area (Å²) in [6.45, 7) is 0.432. The maximum Gasteiger partial charge on any atom is 0.418 e. The van der Waals surface area contributed by atoms with E-state index in [1.54, 1.807) is 25.1 Å². The molecule has 0 unspecified atom stereocenters. The molecule has 0 saturated carbocycles. The van der Waals surface area contributed by atoms with Gasteiger partial charge in [-0.1, -0.05) is 29.3 Å². The summed E-state index contributed by atoms with van der Waals surface area (Å²) >= 11 is 11.5. The highest BCUT2D eigenvalue weighted by Gasteiger charge is 2.34. The lowest BCUT2D eigenvalue weighted by molar-refractivity contribution is -0.149. The number of carbonyl (C=O) groups is 2. The van der Waals surface area contributed by atoms with E-state index in [0.29, 0.717) is 16.3 Å². The largest absolute Gasteiger partial charge is 0.482 e. The van der Waals surface area contributed by atoms with Gasteiger partial charge in [-0.15, -0.1) is 0 Å². The molecule has 2 rings (SSSR count). The fourth-order valence-electron chi connectivity index (χ4n) is 2.16. The van der Waals surface area contributed by atoms with Crippen LogP contribution < -0.4 is 10.1 Å². The Bertz CT molecular complexity index is 888. The van der Waals surface area contributed by atoms with E-state index in [0.717, 1.165) is 12.1 Å². The maximum absolute atomic E-state index is 13.0. The topological polar surface area (TPSA) is 64.6 Å². The minimum absolute atomic E-state index is 0.295. The molecular weight excluding hydrogens is 422 g/mol. The van der Waals surface area contributed by atoms with Gasteiger partial charge in [-0.2, -0.15) is 13.2 Å². The minimum Gasteiger partial charge on any atom is -0.482 e. The van der Waals surface area contributed by atoms with Crippen LogP contribution in [0.5, 0.6) is 5.75 Å². The molecule has 0 bridgehead atoms. The van der Waals surface area contributed by atoms with Gasteiger partial charge in [-0.25, -0.2) is 4.79 Å². The Morgan fingerprint density at radius 3 is 2.46 bits per heavy atom. The van der Waals surface area contributed by atoms with Gasteiger partial charge >= 0.3 is 12.1 Å². The molecule has 0 aromatic heterocycles. The predicted molar refractivity (Wildman–Crippen MR) is 97.7 cm³/mol. The van der Waals surface area contributed by atoms with E-state index in [1.165, 1.54) is 6.07 Å². The number of hydrogen-bond donors (Lipinski definition) is 1. The number of carbonyl (C=O) groups excluding carboxylic acids is 2. The van der Waals surface area contributed by atoms with E-state index in [-0.39, 0.29) is 5.02 Å². The summed E-state index contributed by atoms with van der Waals surface area (Å²) in [7, 11) is 0. The predicted octanol–water partition coefficient (Wildman–Crippen LogP) is 4.88. The number of hydrogen-bond acceptors (Lipinski definition) is 4. The summed E-state index contributed by atoms with van der Waals surface area (Å²) in [5, 5.41) is 2.21. The van der Waals surface area contributed by atoms with Gasteiger partial charge in [0.1, 0.15) is 5.75 Å². The zero-order chi connectivity index (χ0) is 20.9. The molecular formula is C18H14Cl2F3NO4. The van der Waals surface area contributed by atoms with Crippen LogP contribution in [0.25, 0.3) is 0 Å². The zero-order valence-corrected chi connectivity index (χ0v) is 15.9. The summed E-state index contributed by atoms with van der Waals surface area (Å²) in [6, 6.07) is 7.85. The van der Waals surface area contributed by atoms with Gasteiger partial charge in [0.15, 0.2) is 13.2 Å². The molecule has 0 atom stereocenters. The molecule has 0 radical (unpaired) electrons. The highest BCUT2D eigenvalue weighted by atomic mass is 35.5. The van der Waals surface area contributed by atoms with Crippen LogP contribution >= 0.6 is 23.2 Å². The number of amides is 1.